The molecule has 0 aromatic heterocycles. The average molecular weight is 1030 g/mol. The molecule has 6 nitrogen and oxygen atoms in total. The van der Waals surface area contributed by atoms with E-state index in [0.717, 1.165) is 135 Å². The Kier molecular flexibility index (Phi) is 58.3. The van der Waals surface area contributed by atoms with Gasteiger partial charge in [-0.15, -0.1) is 0 Å². The van der Waals surface area contributed by atoms with E-state index in [-0.39, 0.29) is 31.1 Å². The molecular formula is C68H114O6. The van der Waals surface area contributed by atoms with E-state index >= 15 is 0 Å². The first kappa shape index (κ1) is 70.1. The Hall–Kier alpha value is -3.93. The molecule has 0 fully saturated rings. The van der Waals surface area contributed by atoms with Crippen molar-refractivity contribution in [3.8, 4) is 0 Å². The highest BCUT2D eigenvalue weighted by atomic mass is 16.6. The van der Waals surface area contributed by atoms with Gasteiger partial charge in [0.2, 0.25) is 0 Å². The van der Waals surface area contributed by atoms with E-state index in [0.29, 0.717) is 19.3 Å². The van der Waals surface area contributed by atoms with Crippen LogP contribution in [-0.4, -0.2) is 37.2 Å². The van der Waals surface area contributed by atoms with Gasteiger partial charge in [-0.3, -0.25) is 14.4 Å². The molecule has 1 atom stereocenters. The smallest absolute Gasteiger partial charge is 0.306 e. The van der Waals surface area contributed by atoms with Crippen LogP contribution in [0.15, 0.2) is 109 Å². The van der Waals surface area contributed by atoms with Gasteiger partial charge >= 0.3 is 17.9 Å². The van der Waals surface area contributed by atoms with Gasteiger partial charge in [0, 0.05) is 19.3 Å². The molecule has 422 valence electrons. The van der Waals surface area contributed by atoms with Crippen LogP contribution in [0.25, 0.3) is 0 Å². The lowest BCUT2D eigenvalue weighted by atomic mass is 10.1. The zero-order valence-corrected chi connectivity index (χ0v) is 48.3. The maximum atomic E-state index is 12.9. The predicted octanol–water partition coefficient (Wildman–Crippen LogP) is 21.0. The maximum absolute atomic E-state index is 12.9. The minimum Gasteiger partial charge on any atom is -0.462 e. The molecule has 74 heavy (non-hydrogen) atoms. The maximum Gasteiger partial charge on any atom is 0.306 e. The van der Waals surface area contributed by atoms with Crippen LogP contribution in [0.4, 0.5) is 0 Å². The van der Waals surface area contributed by atoms with Gasteiger partial charge in [-0.25, -0.2) is 0 Å². The van der Waals surface area contributed by atoms with Crippen molar-refractivity contribution in [2.45, 2.75) is 290 Å². The average Bonchev–Trinajstić information content (AvgIpc) is 3.40. The number of esters is 3. The minimum atomic E-state index is -0.797. The third-order valence-corrected chi connectivity index (χ3v) is 13.0. The topological polar surface area (TPSA) is 78.9 Å². The summed E-state index contributed by atoms with van der Waals surface area (Å²) >= 11 is 0. The van der Waals surface area contributed by atoms with Crippen LogP contribution in [-0.2, 0) is 28.6 Å². The SMILES string of the molecule is CC/C=C\C/C=C\C/C=C\C/C=C\CCCCCCCCC(=O)OCC(COC(=O)CCCCCCCCC/C=C\CCCCCCCCC)OC(=O)CCCCCCCC/C=C\C/C=C\C/C=C\C/C=C\CC. The van der Waals surface area contributed by atoms with E-state index < -0.39 is 6.10 Å². The van der Waals surface area contributed by atoms with E-state index in [4.69, 9.17) is 14.2 Å². The zero-order chi connectivity index (χ0) is 53.6. The summed E-state index contributed by atoms with van der Waals surface area (Å²) in [7, 11) is 0. The molecule has 0 saturated carbocycles. The lowest BCUT2D eigenvalue weighted by molar-refractivity contribution is -0.167. The molecule has 0 aliphatic rings. The molecule has 1 unspecified atom stereocenters. The minimum absolute atomic E-state index is 0.0917. The summed E-state index contributed by atoms with van der Waals surface area (Å²) in [5.41, 5.74) is 0. The standard InChI is InChI=1S/C68H114O6/c1-4-7-10-13-16-19-22-25-28-31-34-37-40-43-46-49-52-55-58-61-67(70)73-64-65(63-72-66(69)60-57-54-51-48-45-42-39-36-33-30-27-24-21-18-15-12-9-6-3)74-68(71)62-59-56-53-50-47-44-41-38-35-32-29-26-23-20-17-14-11-8-5-2/h7-8,10-11,16-17,19-20,25-26,28-30,33-35,37-38,65H,4-6,9,12-15,18,21-24,27,31-32,36,39-64H2,1-3H3/b10-7-,11-8-,19-16-,20-17-,28-25-,29-26-,33-30-,37-34-,38-35-. The molecule has 0 rings (SSSR count). The molecule has 0 aromatic rings. The quantitative estimate of drug-likeness (QED) is 0.0261. The molecule has 0 aliphatic heterocycles. The van der Waals surface area contributed by atoms with Crippen molar-refractivity contribution in [3.05, 3.63) is 109 Å². The third kappa shape index (κ3) is 59.0. The number of rotatable bonds is 55. The summed E-state index contributed by atoms with van der Waals surface area (Å²) < 4.78 is 16.9. The highest BCUT2D eigenvalue weighted by Crippen LogP contribution is 2.15. The Bertz CT molecular complexity index is 1510. The predicted molar refractivity (Wildman–Crippen MR) is 320 cm³/mol. The number of hydrogen-bond donors (Lipinski definition) is 0. The van der Waals surface area contributed by atoms with Crippen LogP contribution in [0.3, 0.4) is 0 Å². The number of ether oxygens (including phenoxy) is 3. The van der Waals surface area contributed by atoms with E-state index in [1.165, 1.54) is 109 Å². The molecule has 0 bridgehead atoms. The number of carbonyl (C=O) groups excluding carboxylic acids is 3. The van der Waals surface area contributed by atoms with Gasteiger partial charge in [0.25, 0.3) is 0 Å². The largest absolute Gasteiger partial charge is 0.462 e. The summed E-state index contributed by atoms with van der Waals surface area (Å²) in [6.45, 7) is 6.40. The van der Waals surface area contributed by atoms with Crippen LogP contribution in [0.1, 0.15) is 284 Å². The lowest BCUT2D eigenvalue weighted by Gasteiger charge is -2.18. The fourth-order valence-electron chi connectivity index (χ4n) is 8.42. The van der Waals surface area contributed by atoms with Crippen LogP contribution in [0.5, 0.6) is 0 Å². The first-order chi connectivity index (χ1) is 36.5. The number of hydrogen-bond acceptors (Lipinski definition) is 6. The van der Waals surface area contributed by atoms with Gasteiger partial charge in [-0.2, -0.15) is 0 Å². The summed E-state index contributed by atoms with van der Waals surface area (Å²) in [5.74, 6) is -0.919. The van der Waals surface area contributed by atoms with E-state index in [9.17, 15) is 14.4 Å². The van der Waals surface area contributed by atoms with Crippen LogP contribution < -0.4 is 0 Å². The molecule has 0 spiro atoms. The molecule has 0 heterocycles. The summed E-state index contributed by atoms with van der Waals surface area (Å²) in [6, 6.07) is 0. The van der Waals surface area contributed by atoms with Crippen molar-refractivity contribution in [2.24, 2.45) is 0 Å². The number of unbranched alkanes of at least 4 members (excludes halogenated alkanes) is 26. The Morgan fingerprint density at radius 3 is 0.838 bits per heavy atom. The highest BCUT2D eigenvalue weighted by molar-refractivity contribution is 5.71. The van der Waals surface area contributed by atoms with Gasteiger partial charge in [0.1, 0.15) is 13.2 Å². The van der Waals surface area contributed by atoms with Crippen LogP contribution >= 0.6 is 0 Å². The molecule has 0 N–H and O–H groups in total. The Balaban J connectivity index is 4.46. The van der Waals surface area contributed by atoms with E-state index in [1.54, 1.807) is 0 Å². The van der Waals surface area contributed by atoms with E-state index in [1.807, 2.05) is 0 Å². The van der Waals surface area contributed by atoms with Crippen molar-refractivity contribution in [2.75, 3.05) is 13.2 Å². The molecule has 0 amide bonds. The van der Waals surface area contributed by atoms with Crippen molar-refractivity contribution in [3.63, 3.8) is 0 Å². The van der Waals surface area contributed by atoms with Gasteiger partial charge in [0.15, 0.2) is 6.10 Å². The second kappa shape index (κ2) is 61.6. The second-order valence-electron chi connectivity index (χ2n) is 20.2. The molecule has 0 aliphatic carbocycles. The fourth-order valence-corrected chi connectivity index (χ4v) is 8.42. The third-order valence-electron chi connectivity index (χ3n) is 13.0. The van der Waals surface area contributed by atoms with Gasteiger partial charge < -0.3 is 14.2 Å². The lowest BCUT2D eigenvalue weighted by Crippen LogP contribution is -2.30. The molecule has 0 radical (unpaired) electrons. The first-order valence-corrected chi connectivity index (χ1v) is 30.9. The van der Waals surface area contributed by atoms with Crippen LogP contribution in [0.2, 0.25) is 0 Å². The normalized spacial score (nSPS) is 12.9. The molecule has 6 heteroatoms. The van der Waals surface area contributed by atoms with Crippen molar-refractivity contribution in [1.29, 1.82) is 0 Å². The Morgan fingerprint density at radius 2 is 0.527 bits per heavy atom. The highest BCUT2D eigenvalue weighted by Gasteiger charge is 2.19. The summed E-state index contributed by atoms with van der Waals surface area (Å²) in [6.07, 6.45) is 83.6. The van der Waals surface area contributed by atoms with Crippen molar-refractivity contribution < 1.29 is 28.6 Å². The van der Waals surface area contributed by atoms with Gasteiger partial charge in [0.05, 0.1) is 0 Å². The number of carbonyl (C=O) groups is 3. The van der Waals surface area contributed by atoms with Crippen LogP contribution in [0, 0.1) is 0 Å². The van der Waals surface area contributed by atoms with E-state index in [2.05, 4.69) is 130 Å². The van der Waals surface area contributed by atoms with Gasteiger partial charge in [-0.05, 0) is 122 Å². The summed E-state index contributed by atoms with van der Waals surface area (Å²) in [4.78, 5) is 38.3. The molecule has 0 aromatic carbocycles. The summed E-state index contributed by atoms with van der Waals surface area (Å²) in [5, 5.41) is 0. The van der Waals surface area contributed by atoms with Crippen molar-refractivity contribution >= 4 is 17.9 Å². The second-order valence-corrected chi connectivity index (χ2v) is 20.2. The molecular weight excluding hydrogens is 913 g/mol. The zero-order valence-electron chi connectivity index (χ0n) is 48.3. The van der Waals surface area contributed by atoms with Gasteiger partial charge in [-0.1, -0.05) is 252 Å². The monoisotopic (exact) mass is 1030 g/mol. The Morgan fingerprint density at radius 1 is 0.284 bits per heavy atom. The molecule has 0 saturated heterocycles. The van der Waals surface area contributed by atoms with Crippen molar-refractivity contribution in [1.82, 2.24) is 0 Å². The number of allylic oxidation sites excluding steroid dienone is 18. The first-order valence-electron chi connectivity index (χ1n) is 30.9. The Labute approximate surface area is 457 Å². The fraction of sp³-hybridized carbons (Fsp3) is 0.691.